The topological polar surface area (TPSA) is 93.1 Å². The normalized spacial score (nSPS) is 11.0. The Bertz CT molecular complexity index is 896. The number of rotatable bonds is 8. The zero-order valence-corrected chi connectivity index (χ0v) is 15.0. The lowest BCUT2D eigenvalue weighted by molar-refractivity contribution is -0.121. The van der Waals surface area contributed by atoms with Gasteiger partial charge in [-0.25, -0.2) is 0 Å². The maximum absolute atomic E-state index is 11.9. The molecule has 2 aromatic carbocycles. The number of hydrogen-bond donors (Lipinski definition) is 2. The van der Waals surface area contributed by atoms with Gasteiger partial charge in [-0.2, -0.15) is 0 Å². The first kappa shape index (κ1) is 19.8. The van der Waals surface area contributed by atoms with Gasteiger partial charge in [-0.1, -0.05) is 18.2 Å². The first-order valence-electron chi connectivity index (χ1n) is 8.08. The molecule has 2 aromatic rings. The summed E-state index contributed by atoms with van der Waals surface area (Å²) >= 11 is 0. The van der Waals surface area contributed by atoms with Crippen LogP contribution in [0.5, 0.6) is 23.0 Å². The van der Waals surface area contributed by atoms with E-state index in [0.29, 0.717) is 22.6 Å². The molecule has 6 nitrogen and oxygen atoms in total. The minimum absolute atomic E-state index is 0.00451. The molecule has 0 aliphatic rings. The summed E-state index contributed by atoms with van der Waals surface area (Å²) in [5, 5.41) is 19.1. The fourth-order valence-electron chi connectivity index (χ4n) is 2.29. The number of phenolic OH excluding ortho intramolecular Hbond substituents is 2. The fourth-order valence-corrected chi connectivity index (χ4v) is 2.29. The van der Waals surface area contributed by atoms with E-state index in [1.54, 1.807) is 24.3 Å². The van der Waals surface area contributed by atoms with Crippen molar-refractivity contribution in [3.63, 3.8) is 0 Å². The Labute approximate surface area is 157 Å². The molecule has 6 heteroatoms. The van der Waals surface area contributed by atoms with Gasteiger partial charge in [-0.3, -0.25) is 9.59 Å². The molecule has 0 atom stereocenters. The molecular weight excluding hydrogens is 348 g/mol. The van der Waals surface area contributed by atoms with Crippen LogP contribution in [-0.4, -0.2) is 36.0 Å². The predicted molar refractivity (Wildman–Crippen MR) is 102 cm³/mol. The van der Waals surface area contributed by atoms with Gasteiger partial charge >= 0.3 is 0 Å². The van der Waals surface area contributed by atoms with Crippen molar-refractivity contribution >= 4 is 23.7 Å². The zero-order chi connectivity index (χ0) is 19.8. The first-order chi connectivity index (χ1) is 12.9. The number of carbonyl (C=O) groups is 2. The molecule has 140 valence electrons. The lowest BCUT2D eigenvalue weighted by Crippen LogP contribution is -2.01. The number of aromatic hydroxyl groups is 2. The van der Waals surface area contributed by atoms with Crippen molar-refractivity contribution in [1.82, 2.24) is 0 Å². The fraction of sp³-hybridized carbons (Fsp3) is 0.143. The second kappa shape index (κ2) is 9.24. The Hall–Kier alpha value is -3.54. The Kier molecular flexibility index (Phi) is 6.77. The minimum atomic E-state index is -0.366. The summed E-state index contributed by atoms with van der Waals surface area (Å²) in [7, 11) is 2.91. The van der Waals surface area contributed by atoms with Gasteiger partial charge in [0.25, 0.3) is 0 Å². The van der Waals surface area contributed by atoms with E-state index in [1.165, 1.54) is 50.6 Å². The largest absolute Gasteiger partial charge is 0.508 e. The quantitative estimate of drug-likeness (QED) is 0.548. The Morgan fingerprint density at radius 2 is 1.56 bits per heavy atom. The number of phenols is 2. The van der Waals surface area contributed by atoms with Crippen molar-refractivity contribution in [2.75, 3.05) is 14.2 Å². The van der Waals surface area contributed by atoms with Crippen LogP contribution in [0.3, 0.4) is 0 Å². The van der Waals surface area contributed by atoms with Gasteiger partial charge in [0.05, 0.1) is 20.6 Å². The van der Waals surface area contributed by atoms with Crippen molar-refractivity contribution in [3.05, 3.63) is 59.7 Å². The lowest BCUT2D eigenvalue weighted by atomic mass is 10.1. The van der Waals surface area contributed by atoms with E-state index in [-0.39, 0.29) is 29.5 Å². The van der Waals surface area contributed by atoms with E-state index >= 15 is 0 Å². The van der Waals surface area contributed by atoms with Crippen molar-refractivity contribution in [2.24, 2.45) is 0 Å². The molecule has 2 N–H and O–H groups in total. The van der Waals surface area contributed by atoms with Crippen molar-refractivity contribution < 1.29 is 29.3 Å². The molecule has 0 aliphatic carbocycles. The number of carbonyl (C=O) groups excluding carboxylic acids is 2. The molecule has 0 saturated heterocycles. The van der Waals surface area contributed by atoms with Gasteiger partial charge < -0.3 is 19.7 Å². The summed E-state index contributed by atoms with van der Waals surface area (Å²) in [6, 6.07) is 9.25. The highest BCUT2D eigenvalue weighted by atomic mass is 16.5. The van der Waals surface area contributed by atoms with Gasteiger partial charge in [-0.15, -0.1) is 0 Å². The van der Waals surface area contributed by atoms with Gasteiger partial charge in [0.15, 0.2) is 23.1 Å². The number of ketones is 2. The van der Waals surface area contributed by atoms with Gasteiger partial charge in [-0.05, 0) is 47.5 Å². The number of allylic oxidation sites excluding steroid dienone is 2. The second-order valence-electron chi connectivity index (χ2n) is 5.67. The SMILES string of the molecule is COc1cc(O)cc(/C=C/C(=O)CC(=O)/C=C/c2ccc(O)c(OC)c2)c1. The van der Waals surface area contributed by atoms with Gasteiger partial charge in [0, 0.05) is 6.07 Å². The summed E-state index contributed by atoms with van der Waals surface area (Å²) in [5.74, 6) is 0.0608. The number of ether oxygens (including phenoxy) is 2. The van der Waals surface area contributed by atoms with Gasteiger partial charge in [0.2, 0.25) is 0 Å². The van der Waals surface area contributed by atoms with E-state index in [2.05, 4.69) is 0 Å². The molecule has 0 aliphatic heterocycles. The smallest absolute Gasteiger partial charge is 0.163 e. The van der Waals surface area contributed by atoms with Crippen molar-refractivity contribution in [3.8, 4) is 23.0 Å². The standard InChI is InChI=1S/C21H20O6/c1-26-19-10-15(9-18(24)13-19)4-7-17(23)12-16(22)6-3-14-5-8-20(25)21(11-14)27-2/h3-11,13,24-25H,12H2,1-2H3/b6-3+,7-4+. The molecular formula is C21H20O6. The van der Waals surface area contributed by atoms with Crippen LogP contribution in [0.25, 0.3) is 12.2 Å². The highest BCUT2D eigenvalue weighted by Gasteiger charge is 2.05. The molecule has 0 radical (unpaired) electrons. The van der Waals surface area contributed by atoms with Crippen molar-refractivity contribution in [2.45, 2.75) is 6.42 Å². The van der Waals surface area contributed by atoms with Crippen LogP contribution < -0.4 is 9.47 Å². The molecule has 27 heavy (non-hydrogen) atoms. The molecule has 0 unspecified atom stereocenters. The molecule has 0 fully saturated rings. The van der Waals surface area contributed by atoms with E-state index in [4.69, 9.17) is 9.47 Å². The summed E-state index contributed by atoms with van der Waals surface area (Å²) in [5.41, 5.74) is 1.24. The summed E-state index contributed by atoms with van der Waals surface area (Å²) in [4.78, 5) is 23.9. The van der Waals surface area contributed by atoms with Crippen LogP contribution in [0.15, 0.2) is 48.6 Å². The van der Waals surface area contributed by atoms with E-state index in [0.717, 1.165) is 0 Å². The highest BCUT2D eigenvalue weighted by molar-refractivity contribution is 6.10. The third kappa shape index (κ3) is 6.04. The molecule has 0 spiro atoms. The van der Waals surface area contributed by atoms with Crippen LogP contribution in [0, 0.1) is 0 Å². The minimum Gasteiger partial charge on any atom is -0.508 e. The van der Waals surface area contributed by atoms with E-state index < -0.39 is 0 Å². The Morgan fingerprint density at radius 3 is 2.19 bits per heavy atom. The maximum Gasteiger partial charge on any atom is 0.163 e. The molecule has 0 aromatic heterocycles. The van der Waals surface area contributed by atoms with Crippen LogP contribution in [0.1, 0.15) is 17.5 Å². The Balaban J connectivity index is 1.97. The summed E-state index contributed by atoms with van der Waals surface area (Å²) in [6.45, 7) is 0. The monoisotopic (exact) mass is 368 g/mol. The zero-order valence-electron chi connectivity index (χ0n) is 15.0. The molecule has 0 bridgehead atoms. The number of methoxy groups -OCH3 is 2. The third-order valence-electron chi connectivity index (χ3n) is 3.62. The van der Waals surface area contributed by atoms with Gasteiger partial charge in [0.1, 0.15) is 11.5 Å². The average Bonchev–Trinajstić information content (AvgIpc) is 2.65. The highest BCUT2D eigenvalue weighted by Crippen LogP contribution is 2.26. The predicted octanol–water partition coefficient (Wildman–Crippen LogP) is 3.37. The van der Waals surface area contributed by atoms with E-state index in [9.17, 15) is 19.8 Å². The van der Waals surface area contributed by atoms with Crippen LogP contribution >= 0.6 is 0 Å². The number of benzene rings is 2. The Morgan fingerprint density at radius 1 is 0.889 bits per heavy atom. The third-order valence-corrected chi connectivity index (χ3v) is 3.62. The summed E-state index contributed by atoms with van der Waals surface area (Å²) in [6.07, 6.45) is 5.35. The van der Waals surface area contributed by atoms with Crippen molar-refractivity contribution in [1.29, 1.82) is 0 Å². The molecule has 0 saturated carbocycles. The van der Waals surface area contributed by atoms with E-state index in [1.807, 2.05) is 0 Å². The second-order valence-corrected chi connectivity index (χ2v) is 5.67. The number of hydrogen-bond acceptors (Lipinski definition) is 6. The van der Waals surface area contributed by atoms with Crippen LogP contribution in [-0.2, 0) is 9.59 Å². The molecule has 0 amide bonds. The van der Waals surface area contributed by atoms with Crippen LogP contribution in [0.2, 0.25) is 0 Å². The summed E-state index contributed by atoms with van der Waals surface area (Å²) < 4.78 is 10.0. The maximum atomic E-state index is 11.9. The average molecular weight is 368 g/mol. The van der Waals surface area contributed by atoms with Crippen LogP contribution in [0.4, 0.5) is 0 Å². The first-order valence-corrected chi connectivity index (χ1v) is 8.08. The molecule has 0 heterocycles. The lowest BCUT2D eigenvalue weighted by Gasteiger charge is -2.03. The molecule has 2 rings (SSSR count).